The number of benzene rings is 2. The molecule has 10 heteroatoms. The molecule has 1 aromatic heterocycles. The number of likely N-dealkylation sites (N-methyl/N-ethyl adjacent to an activating group) is 1. The molecule has 2 amide bonds. The van der Waals surface area contributed by atoms with Crippen LogP contribution in [0.5, 0.6) is 5.75 Å². The van der Waals surface area contributed by atoms with Crippen LogP contribution in [0.3, 0.4) is 0 Å². The van der Waals surface area contributed by atoms with Gasteiger partial charge in [0.2, 0.25) is 0 Å². The van der Waals surface area contributed by atoms with Crippen molar-refractivity contribution in [2.75, 3.05) is 49.8 Å². The second-order valence-corrected chi connectivity index (χ2v) is 9.25. The van der Waals surface area contributed by atoms with Gasteiger partial charge in [-0.1, -0.05) is 48.2 Å². The van der Waals surface area contributed by atoms with E-state index in [1.807, 2.05) is 72.8 Å². The minimum absolute atomic E-state index is 0.165. The van der Waals surface area contributed by atoms with Crippen LogP contribution in [-0.2, 0) is 0 Å². The number of carbonyl (C=O) groups excluding carboxylic acids is 1. The van der Waals surface area contributed by atoms with Crippen LogP contribution in [0.4, 0.5) is 16.3 Å². The SMILES string of the molecule is CSc1ncc2c(n1)N(C)CCN(c1cccc(OC(CCN(C)C(=O)O)c3ccccc3)c1)C2=O. The summed E-state index contributed by atoms with van der Waals surface area (Å²) in [6.07, 6.45) is 2.64. The number of nitrogens with zero attached hydrogens (tertiary/aromatic N) is 5. The van der Waals surface area contributed by atoms with Crippen LogP contribution in [-0.4, -0.2) is 72.0 Å². The Morgan fingerprint density at radius 2 is 1.97 bits per heavy atom. The van der Waals surface area contributed by atoms with Crippen molar-refractivity contribution in [1.82, 2.24) is 14.9 Å². The Kier molecular flexibility index (Phi) is 7.94. The summed E-state index contributed by atoms with van der Waals surface area (Å²) in [5.41, 5.74) is 2.12. The van der Waals surface area contributed by atoms with E-state index in [9.17, 15) is 14.7 Å². The highest BCUT2D eigenvalue weighted by atomic mass is 32.2. The Hall–Kier alpha value is -3.79. The first-order valence-corrected chi connectivity index (χ1v) is 12.8. The molecule has 1 unspecified atom stereocenters. The highest BCUT2D eigenvalue weighted by molar-refractivity contribution is 7.98. The number of thioether (sulfide) groups is 1. The van der Waals surface area contributed by atoms with Crippen molar-refractivity contribution in [3.05, 3.63) is 71.9 Å². The Balaban J connectivity index is 1.59. The molecule has 0 fully saturated rings. The van der Waals surface area contributed by atoms with Crippen LogP contribution in [0.25, 0.3) is 0 Å². The molecule has 1 atom stereocenters. The molecule has 0 spiro atoms. The summed E-state index contributed by atoms with van der Waals surface area (Å²) in [6, 6.07) is 17.1. The van der Waals surface area contributed by atoms with E-state index >= 15 is 0 Å². The smallest absolute Gasteiger partial charge is 0.407 e. The molecule has 1 N–H and O–H groups in total. The number of hydrogen-bond donors (Lipinski definition) is 1. The average Bonchev–Trinajstić information content (AvgIpc) is 3.02. The predicted octanol–water partition coefficient (Wildman–Crippen LogP) is 4.42. The number of ether oxygens (including phenoxy) is 1. The van der Waals surface area contributed by atoms with Crippen LogP contribution in [0.2, 0.25) is 0 Å². The molecule has 3 aromatic rings. The lowest BCUT2D eigenvalue weighted by molar-refractivity contribution is 0.0989. The van der Waals surface area contributed by atoms with Gasteiger partial charge in [0.25, 0.3) is 5.91 Å². The molecule has 4 rings (SSSR count). The monoisotopic (exact) mass is 507 g/mol. The minimum Gasteiger partial charge on any atom is -0.486 e. The maximum absolute atomic E-state index is 13.5. The highest BCUT2D eigenvalue weighted by Crippen LogP contribution is 2.31. The topological polar surface area (TPSA) is 99.1 Å². The van der Waals surface area contributed by atoms with Crippen molar-refractivity contribution in [3.8, 4) is 5.75 Å². The molecule has 0 saturated heterocycles. The van der Waals surface area contributed by atoms with E-state index in [1.165, 1.54) is 23.7 Å². The van der Waals surface area contributed by atoms with Gasteiger partial charge >= 0.3 is 6.09 Å². The van der Waals surface area contributed by atoms with Gasteiger partial charge in [0.05, 0.1) is 0 Å². The van der Waals surface area contributed by atoms with Gasteiger partial charge in [0, 0.05) is 58.1 Å². The van der Waals surface area contributed by atoms with E-state index in [0.717, 1.165) is 5.56 Å². The fourth-order valence-corrected chi connectivity index (χ4v) is 4.34. The zero-order valence-corrected chi connectivity index (χ0v) is 21.3. The molecule has 1 aliphatic rings. The molecule has 2 aromatic carbocycles. The molecule has 0 aliphatic carbocycles. The fourth-order valence-electron chi connectivity index (χ4n) is 4.00. The predicted molar refractivity (Wildman–Crippen MR) is 140 cm³/mol. The first kappa shape index (κ1) is 25.3. The lowest BCUT2D eigenvalue weighted by Crippen LogP contribution is -2.33. The van der Waals surface area contributed by atoms with Gasteiger partial charge in [-0.2, -0.15) is 0 Å². The van der Waals surface area contributed by atoms with Crippen LogP contribution in [0, 0.1) is 0 Å². The number of carbonyl (C=O) groups is 2. The third-order valence-electron chi connectivity index (χ3n) is 6.06. The van der Waals surface area contributed by atoms with Gasteiger partial charge < -0.3 is 24.5 Å². The number of carboxylic acid groups (broad SMARTS) is 1. The molecule has 0 bridgehead atoms. The molecule has 0 radical (unpaired) electrons. The summed E-state index contributed by atoms with van der Waals surface area (Å²) < 4.78 is 6.35. The zero-order chi connectivity index (χ0) is 25.7. The first-order valence-electron chi connectivity index (χ1n) is 11.6. The van der Waals surface area contributed by atoms with E-state index in [-0.39, 0.29) is 12.0 Å². The van der Waals surface area contributed by atoms with Gasteiger partial charge in [0.1, 0.15) is 23.2 Å². The maximum Gasteiger partial charge on any atom is 0.407 e. The quantitative estimate of drug-likeness (QED) is 0.354. The van der Waals surface area contributed by atoms with Gasteiger partial charge in [0.15, 0.2) is 5.16 Å². The van der Waals surface area contributed by atoms with Crippen molar-refractivity contribution in [2.45, 2.75) is 17.7 Å². The Morgan fingerprint density at radius 1 is 1.19 bits per heavy atom. The van der Waals surface area contributed by atoms with Crippen LogP contribution in [0.15, 0.2) is 66.0 Å². The molecule has 188 valence electrons. The largest absolute Gasteiger partial charge is 0.486 e. The fraction of sp³-hybridized carbons (Fsp3) is 0.308. The summed E-state index contributed by atoms with van der Waals surface area (Å²) in [6.45, 7) is 1.42. The number of fused-ring (bicyclic) bond motifs is 1. The minimum atomic E-state index is -0.984. The van der Waals surface area contributed by atoms with Crippen LogP contribution >= 0.6 is 11.8 Å². The molecule has 9 nitrogen and oxygen atoms in total. The summed E-state index contributed by atoms with van der Waals surface area (Å²) in [4.78, 5) is 38.5. The Bertz CT molecular complexity index is 1230. The lowest BCUT2D eigenvalue weighted by atomic mass is 10.1. The Labute approximate surface area is 214 Å². The zero-order valence-electron chi connectivity index (χ0n) is 20.5. The van der Waals surface area contributed by atoms with E-state index in [1.54, 1.807) is 11.1 Å². The summed E-state index contributed by atoms with van der Waals surface area (Å²) >= 11 is 1.44. The van der Waals surface area contributed by atoms with E-state index in [4.69, 9.17) is 4.74 Å². The van der Waals surface area contributed by atoms with Crippen molar-refractivity contribution in [3.63, 3.8) is 0 Å². The number of amides is 2. The number of aromatic nitrogens is 2. The number of hydrogen-bond acceptors (Lipinski definition) is 7. The van der Waals surface area contributed by atoms with E-state index < -0.39 is 6.09 Å². The molecule has 36 heavy (non-hydrogen) atoms. The maximum atomic E-state index is 13.5. The van der Waals surface area contributed by atoms with Gasteiger partial charge in [-0.3, -0.25) is 4.79 Å². The van der Waals surface area contributed by atoms with Gasteiger partial charge in [-0.15, -0.1) is 0 Å². The van der Waals surface area contributed by atoms with E-state index in [0.29, 0.717) is 54.0 Å². The second kappa shape index (κ2) is 11.3. The molecule has 1 aliphatic heterocycles. The Morgan fingerprint density at radius 3 is 2.69 bits per heavy atom. The van der Waals surface area contributed by atoms with Gasteiger partial charge in [-0.05, 0) is 24.0 Å². The second-order valence-electron chi connectivity index (χ2n) is 8.48. The highest BCUT2D eigenvalue weighted by Gasteiger charge is 2.28. The number of anilines is 2. The summed E-state index contributed by atoms with van der Waals surface area (Å²) in [7, 11) is 3.46. The lowest BCUT2D eigenvalue weighted by Gasteiger charge is -2.24. The van der Waals surface area contributed by atoms with Crippen molar-refractivity contribution in [1.29, 1.82) is 0 Å². The summed E-state index contributed by atoms with van der Waals surface area (Å²) in [5.74, 6) is 1.06. The van der Waals surface area contributed by atoms with Crippen molar-refractivity contribution >= 4 is 35.3 Å². The normalized spacial score (nSPS) is 14.1. The molecule has 2 heterocycles. The summed E-state index contributed by atoms with van der Waals surface area (Å²) in [5, 5.41) is 9.86. The number of rotatable bonds is 8. The van der Waals surface area contributed by atoms with Crippen LogP contribution < -0.4 is 14.5 Å². The van der Waals surface area contributed by atoms with E-state index in [2.05, 4.69) is 9.97 Å². The first-order chi connectivity index (χ1) is 17.4. The third-order valence-corrected chi connectivity index (χ3v) is 6.62. The van der Waals surface area contributed by atoms with Crippen molar-refractivity contribution < 1.29 is 19.4 Å². The standard InChI is InChI=1S/C26H29N5O4S/c1-29-14-15-31(24(32)21-17-27-25(36-3)28-23(21)29)19-10-7-11-20(16-19)35-22(12-13-30(2)26(33)34)18-8-5-4-6-9-18/h4-11,16-17,22H,12-15H2,1-3H3,(H,33,34). The van der Waals surface area contributed by atoms with Gasteiger partial charge in [-0.25, -0.2) is 14.8 Å². The third kappa shape index (κ3) is 5.71. The molecular weight excluding hydrogens is 478 g/mol. The average molecular weight is 508 g/mol. The molecular formula is C26H29N5O4S. The van der Waals surface area contributed by atoms with Crippen LogP contribution in [0.1, 0.15) is 28.4 Å². The van der Waals surface area contributed by atoms with Crippen molar-refractivity contribution in [2.24, 2.45) is 0 Å². The molecule has 0 saturated carbocycles.